The molecule has 6 heteroatoms. The van der Waals surface area contributed by atoms with Gasteiger partial charge in [-0.2, -0.15) is 10.2 Å². The van der Waals surface area contributed by atoms with Crippen molar-refractivity contribution in [2.75, 3.05) is 0 Å². The highest BCUT2D eigenvalue weighted by atomic mass is 79.9. The van der Waals surface area contributed by atoms with Crippen LogP contribution in [0, 0.1) is 0 Å². The van der Waals surface area contributed by atoms with Crippen molar-refractivity contribution in [3.63, 3.8) is 0 Å². The van der Waals surface area contributed by atoms with E-state index >= 15 is 0 Å². The molecule has 0 radical (unpaired) electrons. The van der Waals surface area contributed by atoms with Gasteiger partial charge in [-0.05, 0) is 39.8 Å². The second kappa shape index (κ2) is 8.21. The maximum absolute atomic E-state index is 8.66. The largest absolute Gasteiger partial charge is 0.390 e. The van der Waals surface area contributed by atoms with Crippen molar-refractivity contribution in [3.8, 4) is 0 Å². The molecule has 0 aliphatic carbocycles. The lowest BCUT2D eigenvalue weighted by Gasteiger charge is -2.02. The van der Waals surface area contributed by atoms with E-state index in [4.69, 9.17) is 5.11 Å². The van der Waals surface area contributed by atoms with Crippen molar-refractivity contribution in [2.45, 2.75) is 51.7 Å². The average Bonchev–Trinajstić information content (AvgIpc) is 3.08. The number of aromatic nitrogens is 4. The van der Waals surface area contributed by atoms with E-state index in [0.29, 0.717) is 12.1 Å². The Morgan fingerprint density at radius 3 is 1.70 bits per heavy atom. The summed E-state index contributed by atoms with van der Waals surface area (Å²) in [6, 6.07) is 4.68. The average molecular weight is 343 g/mol. The number of halogens is 1. The minimum absolute atomic E-state index is 0.0275. The van der Waals surface area contributed by atoms with Crippen LogP contribution in [-0.2, 0) is 11.9 Å². The number of rotatable bonds is 4. The molecular formula is C14H23BrN4O. The second-order valence-electron chi connectivity index (χ2n) is 5.05. The van der Waals surface area contributed by atoms with Gasteiger partial charge in [-0.25, -0.2) is 0 Å². The van der Waals surface area contributed by atoms with Gasteiger partial charge in [0.1, 0.15) is 0 Å². The summed E-state index contributed by atoms with van der Waals surface area (Å²) in [7, 11) is 0. The van der Waals surface area contributed by atoms with Gasteiger partial charge in [0.2, 0.25) is 0 Å². The van der Waals surface area contributed by atoms with E-state index in [0.717, 1.165) is 16.7 Å². The first-order valence-electron chi connectivity index (χ1n) is 6.72. The van der Waals surface area contributed by atoms with E-state index in [9.17, 15) is 0 Å². The molecule has 0 unspecified atom stereocenters. The molecule has 0 spiro atoms. The number of aliphatic hydroxyl groups is 1. The molecule has 0 saturated heterocycles. The van der Waals surface area contributed by atoms with Crippen LogP contribution in [0.25, 0.3) is 0 Å². The van der Waals surface area contributed by atoms with E-state index in [1.165, 1.54) is 0 Å². The quantitative estimate of drug-likeness (QED) is 0.867. The van der Waals surface area contributed by atoms with Crippen molar-refractivity contribution >= 4 is 15.9 Å². The molecule has 2 aromatic heterocycles. The molecule has 5 nitrogen and oxygen atoms in total. The first-order chi connectivity index (χ1) is 9.47. The van der Waals surface area contributed by atoms with Gasteiger partial charge in [0.15, 0.2) is 0 Å². The van der Waals surface area contributed by atoms with Crippen LogP contribution < -0.4 is 0 Å². The first kappa shape index (κ1) is 16.9. The smallest absolute Gasteiger partial charge is 0.0879 e. The Hall–Kier alpha value is -1.14. The lowest BCUT2D eigenvalue weighted by Crippen LogP contribution is -2.01. The summed E-state index contributed by atoms with van der Waals surface area (Å²) in [4.78, 5) is 0. The summed E-state index contributed by atoms with van der Waals surface area (Å²) in [5, 5.41) is 17.9. The van der Waals surface area contributed by atoms with Crippen LogP contribution in [0.3, 0.4) is 0 Å². The van der Waals surface area contributed by atoms with Gasteiger partial charge >= 0.3 is 0 Å². The lowest BCUT2D eigenvalue weighted by molar-refractivity contribution is 0.274. The summed E-state index contributed by atoms with van der Waals surface area (Å²) >= 11 is 3.34. The Kier molecular flexibility index (Phi) is 6.95. The molecule has 20 heavy (non-hydrogen) atoms. The molecule has 2 rings (SSSR count). The lowest BCUT2D eigenvalue weighted by atomic mass is 10.4. The molecular weight excluding hydrogens is 320 g/mol. The molecule has 2 heterocycles. The zero-order valence-corrected chi connectivity index (χ0v) is 14.1. The number of hydrogen-bond acceptors (Lipinski definition) is 3. The fourth-order valence-electron chi connectivity index (χ4n) is 1.49. The van der Waals surface area contributed by atoms with Gasteiger partial charge in [0.25, 0.3) is 0 Å². The molecule has 0 aliphatic heterocycles. The summed E-state index contributed by atoms with van der Waals surface area (Å²) < 4.78 is 3.78. The van der Waals surface area contributed by atoms with E-state index < -0.39 is 0 Å². The summed E-state index contributed by atoms with van der Waals surface area (Å²) in [5.74, 6) is 0. The Morgan fingerprint density at radius 1 is 1.00 bits per heavy atom. The normalized spacial score (nSPS) is 10.8. The zero-order valence-electron chi connectivity index (χ0n) is 12.5. The van der Waals surface area contributed by atoms with Crippen LogP contribution >= 0.6 is 15.9 Å². The maximum atomic E-state index is 8.66. The highest BCUT2D eigenvalue weighted by molar-refractivity contribution is 9.08. The predicted octanol–water partition coefficient (Wildman–Crippen LogP) is 3.32. The Labute approximate surface area is 128 Å². The van der Waals surface area contributed by atoms with Crippen LogP contribution in [0.2, 0.25) is 0 Å². The Morgan fingerprint density at radius 2 is 1.45 bits per heavy atom. The van der Waals surface area contributed by atoms with Gasteiger partial charge in [0, 0.05) is 29.8 Å². The zero-order chi connectivity index (χ0) is 15.1. The van der Waals surface area contributed by atoms with Gasteiger partial charge in [-0.3, -0.25) is 9.36 Å². The molecule has 0 aromatic carbocycles. The minimum Gasteiger partial charge on any atom is -0.390 e. The van der Waals surface area contributed by atoms with E-state index in [-0.39, 0.29) is 6.61 Å². The van der Waals surface area contributed by atoms with Crippen molar-refractivity contribution < 1.29 is 5.11 Å². The number of hydrogen-bond donors (Lipinski definition) is 1. The monoisotopic (exact) mass is 342 g/mol. The molecule has 1 N–H and O–H groups in total. The molecule has 0 saturated carbocycles. The van der Waals surface area contributed by atoms with Crippen LogP contribution in [0.15, 0.2) is 24.5 Å². The van der Waals surface area contributed by atoms with E-state index in [2.05, 4.69) is 40.0 Å². The van der Waals surface area contributed by atoms with E-state index in [1.807, 2.05) is 47.7 Å². The third kappa shape index (κ3) is 5.09. The van der Waals surface area contributed by atoms with Crippen molar-refractivity contribution in [2.24, 2.45) is 0 Å². The highest BCUT2D eigenvalue weighted by Crippen LogP contribution is 2.06. The van der Waals surface area contributed by atoms with Crippen LogP contribution in [0.4, 0.5) is 0 Å². The van der Waals surface area contributed by atoms with Gasteiger partial charge in [-0.15, -0.1) is 0 Å². The van der Waals surface area contributed by atoms with Gasteiger partial charge in [-0.1, -0.05) is 15.9 Å². The molecule has 2 aromatic rings. The van der Waals surface area contributed by atoms with Crippen LogP contribution in [0.5, 0.6) is 0 Å². The molecule has 0 amide bonds. The minimum atomic E-state index is 0.0275. The standard InChI is InChI=1S/C7H11BrN2.C7H12N2O/c1-6(2)10-4-3-7(5-8)9-10;1-6(2)9-4-3-7(5-10)8-9/h3-4,6H,5H2,1-2H3;3-4,6,10H,5H2,1-2H3. The van der Waals surface area contributed by atoms with Crippen molar-refractivity contribution in [3.05, 3.63) is 35.9 Å². The van der Waals surface area contributed by atoms with Crippen molar-refractivity contribution in [1.82, 2.24) is 19.6 Å². The summed E-state index contributed by atoms with van der Waals surface area (Å²) in [5.41, 5.74) is 1.82. The fraction of sp³-hybridized carbons (Fsp3) is 0.571. The number of aliphatic hydroxyl groups excluding tert-OH is 1. The number of nitrogens with zero attached hydrogens (tertiary/aromatic N) is 4. The number of alkyl halides is 1. The Balaban J connectivity index is 0.000000200. The highest BCUT2D eigenvalue weighted by Gasteiger charge is 1.99. The summed E-state index contributed by atoms with van der Waals surface area (Å²) in [6.07, 6.45) is 3.87. The maximum Gasteiger partial charge on any atom is 0.0879 e. The topological polar surface area (TPSA) is 55.9 Å². The molecule has 0 aliphatic rings. The molecule has 112 valence electrons. The molecule has 0 fully saturated rings. The summed E-state index contributed by atoms with van der Waals surface area (Å²) in [6.45, 7) is 8.36. The third-order valence-electron chi connectivity index (χ3n) is 2.68. The van der Waals surface area contributed by atoms with Crippen molar-refractivity contribution in [1.29, 1.82) is 0 Å². The first-order valence-corrected chi connectivity index (χ1v) is 7.85. The second-order valence-corrected chi connectivity index (χ2v) is 5.61. The van der Waals surface area contributed by atoms with E-state index in [1.54, 1.807) is 0 Å². The van der Waals surface area contributed by atoms with Gasteiger partial charge in [0.05, 0.1) is 18.0 Å². The van der Waals surface area contributed by atoms with Gasteiger partial charge < -0.3 is 5.11 Å². The predicted molar refractivity (Wildman–Crippen MR) is 83.8 cm³/mol. The molecule has 0 bridgehead atoms. The molecule has 0 atom stereocenters. The Bertz CT molecular complexity index is 459. The SMILES string of the molecule is CC(C)n1ccc(CBr)n1.CC(C)n1ccc(CO)n1. The fourth-order valence-corrected chi connectivity index (χ4v) is 1.78. The van der Waals surface area contributed by atoms with Crippen LogP contribution in [0.1, 0.15) is 51.2 Å². The third-order valence-corrected chi connectivity index (χ3v) is 3.26. The van der Waals surface area contributed by atoms with Crippen LogP contribution in [-0.4, -0.2) is 24.7 Å².